The van der Waals surface area contributed by atoms with Gasteiger partial charge in [-0.15, -0.1) is 0 Å². The molecular formula is C11H10F3N5O. The van der Waals surface area contributed by atoms with Crippen molar-refractivity contribution < 1.29 is 18.0 Å². The molecule has 0 spiro atoms. The SMILES string of the molecule is Cc1nccnc1NC(=O)c1cc(C(F)(F)F)nn1C. The predicted octanol–water partition coefficient (Wildman–Crippen LogP) is 1.79. The molecule has 1 N–H and O–H groups in total. The smallest absolute Gasteiger partial charge is 0.304 e. The first-order valence-electron chi connectivity index (χ1n) is 5.49. The van der Waals surface area contributed by atoms with Crippen LogP contribution in [0.3, 0.4) is 0 Å². The van der Waals surface area contributed by atoms with Crippen molar-refractivity contribution in [3.8, 4) is 0 Å². The van der Waals surface area contributed by atoms with Crippen LogP contribution in [0.15, 0.2) is 18.5 Å². The molecule has 2 aromatic rings. The maximum atomic E-state index is 12.5. The molecule has 2 rings (SSSR count). The monoisotopic (exact) mass is 285 g/mol. The first-order valence-corrected chi connectivity index (χ1v) is 5.49. The van der Waals surface area contributed by atoms with Gasteiger partial charge in [-0.3, -0.25) is 14.5 Å². The van der Waals surface area contributed by atoms with E-state index in [1.54, 1.807) is 6.92 Å². The molecule has 2 aromatic heterocycles. The Labute approximate surface area is 111 Å². The molecule has 0 bridgehead atoms. The maximum Gasteiger partial charge on any atom is 0.435 e. The third-order valence-electron chi connectivity index (χ3n) is 2.52. The van der Waals surface area contributed by atoms with Gasteiger partial charge < -0.3 is 5.32 Å². The highest BCUT2D eigenvalue weighted by molar-refractivity contribution is 6.02. The largest absolute Gasteiger partial charge is 0.435 e. The Hall–Kier alpha value is -2.45. The van der Waals surface area contributed by atoms with Crippen molar-refractivity contribution in [2.45, 2.75) is 13.1 Å². The van der Waals surface area contributed by atoms with E-state index in [0.29, 0.717) is 11.8 Å². The standard InChI is InChI=1S/C11H10F3N5O/c1-6-9(16-4-3-15-6)17-10(20)7-5-8(11(12,13)14)18-19(7)2/h3-5H,1-2H3,(H,16,17,20). The van der Waals surface area contributed by atoms with Gasteiger partial charge in [0, 0.05) is 25.5 Å². The minimum atomic E-state index is -4.60. The number of anilines is 1. The quantitative estimate of drug-likeness (QED) is 0.913. The molecule has 20 heavy (non-hydrogen) atoms. The van der Waals surface area contributed by atoms with Crippen LogP contribution in [0.2, 0.25) is 0 Å². The zero-order valence-electron chi connectivity index (χ0n) is 10.6. The highest BCUT2D eigenvalue weighted by atomic mass is 19.4. The predicted molar refractivity (Wildman–Crippen MR) is 62.9 cm³/mol. The third kappa shape index (κ3) is 2.76. The van der Waals surface area contributed by atoms with Crippen LogP contribution in [-0.2, 0) is 13.2 Å². The third-order valence-corrected chi connectivity index (χ3v) is 2.52. The van der Waals surface area contributed by atoms with Crippen LogP contribution in [0.25, 0.3) is 0 Å². The number of rotatable bonds is 2. The van der Waals surface area contributed by atoms with Gasteiger partial charge in [0.2, 0.25) is 0 Å². The summed E-state index contributed by atoms with van der Waals surface area (Å²) in [4.78, 5) is 19.7. The van der Waals surface area contributed by atoms with Gasteiger partial charge >= 0.3 is 6.18 Å². The summed E-state index contributed by atoms with van der Waals surface area (Å²) in [7, 11) is 1.26. The summed E-state index contributed by atoms with van der Waals surface area (Å²) < 4.78 is 38.4. The van der Waals surface area contributed by atoms with Crippen molar-refractivity contribution in [2.24, 2.45) is 7.05 Å². The lowest BCUT2D eigenvalue weighted by atomic mass is 10.3. The summed E-state index contributed by atoms with van der Waals surface area (Å²) in [5.74, 6) is -0.550. The Balaban J connectivity index is 2.27. The number of alkyl halides is 3. The summed E-state index contributed by atoms with van der Waals surface area (Å²) in [6.07, 6.45) is -1.79. The number of aryl methyl sites for hydroxylation is 2. The number of hydrogen-bond acceptors (Lipinski definition) is 4. The van der Waals surface area contributed by atoms with Crippen molar-refractivity contribution in [3.63, 3.8) is 0 Å². The van der Waals surface area contributed by atoms with Crippen molar-refractivity contribution >= 4 is 11.7 Å². The Bertz CT molecular complexity index is 650. The lowest BCUT2D eigenvalue weighted by molar-refractivity contribution is -0.141. The van der Waals surface area contributed by atoms with Crippen LogP contribution >= 0.6 is 0 Å². The number of halogens is 3. The molecular weight excluding hydrogens is 275 g/mol. The second kappa shape index (κ2) is 4.91. The lowest BCUT2D eigenvalue weighted by Crippen LogP contribution is -2.17. The Morgan fingerprint density at radius 1 is 1.30 bits per heavy atom. The van der Waals surface area contributed by atoms with Gasteiger partial charge in [0.05, 0.1) is 5.69 Å². The van der Waals surface area contributed by atoms with Crippen molar-refractivity contribution in [3.05, 3.63) is 35.5 Å². The van der Waals surface area contributed by atoms with Crippen LogP contribution < -0.4 is 5.32 Å². The van der Waals surface area contributed by atoms with Gasteiger partial charge in [-0.1, -0.05) is 0 Å². The molecule has 1 amide bonds. The Morgan fingerprint density at radius 3 is 2.50 bits per heavy atom. The zero-order chi connectivity index (χ0) is 14.9. The summed E-state index contributed by atoms with van der Waals surface area (Å²) in [5.41, 5.74) is -0.887. The fraction of sp³-hybridized carbons (Fsp3) is 0.273. The number of carbonyl (C=O) groups excluding carboxylic acids is 1. The molecule has 0 radical (unpaired) electrons. The number of nitrogens with one attached hydrogen (secondary N) is 1. The number of hydrogen-bond donors (Lipinski definition) is 1. The van der Waals surface area contributed by atoms with E-state index in [1.165, 1.54) is 19.4 Å². The number of nitrogens with zero attached hydrogens (tertiary/aromatic N) is 4. The van der Waals surface area contributed by atoms with E-state index in [1.807, 2.05) is 0 Å². The van der Waals surface area contributed by atoms with E-state index in [9.17, 15) is 18.0 Å². The number of amides is 1. The molecule has 6 nitrogen and oxygen atoms in total. The minimum absolute atomic E-state index is 0.187. The zero-order valence-corrected chi connectivity index (χ0v) is 10.6. The molecule has 0 aliphatic rings. The molecule has 0 atom stereocenters. The molecule has 0 aliphatic heterocycles. The highest BCUT2D eigenvalue weighted by Crippen LogP contribution is 2.28. The van der Waals surface area contributed by atoms with Crippen molar-refractivity contribution in [1.29, 1.82) is 0 Å². The van der Waals surface area contributed by atoms with Crippen LogP contribution in [-0.4, -0.2) is 25.7 Å². The second-order valence-corrected chi connectivity index (χ2v) is 3.98. The maximum absolute atomic E-state index is 12.5. The van der Waals surface area contributed by atoms with E-state index in [2.05, 4.69) is 20.4 Å². The second-order valence-electron chi connectivity index (χ2n) is 3.98. The van der Waals surface area contributed by atoms with Gasteiger partial charge in [0.15, 0.2) is 11.5 Å². The van der Waals surface area contributed by atoms with Crippen LogP contribution in [0.5, 0.6) is 0 Å². The summed E-state index contributed by atoms with van der Waals surface area (Å²) >= 11 is 0. The topological polar surface area (TPSA) is 72.7 Å². The highest BCUT2D eigenvalue weighted by Gasteiger charge is 2.35. The first-order chi connectivity index (χ1) is 9.29. The average Bonchev–Trinajstić information content (AvgIpc) is 2.74. The molecule has 0 fully saturated rings. The summed E-state index contributed by atoms with van der Waals surface area (Å²) in [6, 6.07) is 0.682. The fourth-order valence-corrected chi connectivity index (χ4v) is 1.52. The Kier molecular flexibility index (Phi) is 3.43. The van der Waals surface area contributed by atoms with E-state index >= 15 is 0 Å². The molecule has 106 valence electrons. The van der Waals surface area contributed by atoms with Gasteiger partial charge in [-0.05, 0) is 6.92 Å². The van der Waals surface area contributed by atoms with Gasteiger partial charge in [-0.25, -0.2) is 4.98 Å². The molecule has 0 saturated heterocycles. The van der Waals surface area contributed by atoms with Crippen LogP contribution in [0.4, 0.5) is 19.0 Å². The summed E-state index contributed by atoms with van der Waals surface area (Å²) in [6.45, 7) is 1.62. The molecule has 0 unspecified atom stereocenters. The molecule has 0 aliphatic carbocycles. The Morgan fingerprint density at radius 2 is 1.95 bits per heavy atom. The molecule has 9 heteroatoms. The fourth-order valence-electron chi connectivity index (χ4n) is 1.52. The van der Waals surface area contributed by atoms with Gasteiger partial charge in [0.25, 0.3) is 5.91 Å². The normalized spacial score (nSPS) is 11.4. The first kappa shape index (κ1) is 14.0. The number of aromatic nitrogens is 4. The van der Waals surface area contributed by atoms with Gasteiger partial charge in [-0.2, -0.15) is 18.3 Å². The van der Waals surface area contributed by atoms with Gasteiger partial charge in [0.1, 0.15) is 5.69 Å². The summed E-state index contributed by atoms with van der Waals surface area (Å²) in [5, 5.41) is 5.65. The van der Waals surface area contributed by atoms with E-state index < -0.39 is 17.8 Å². The van der Waals surface area contributed by atoms with Crippen molar-refractivity contribution in [1.82, 2.24) is 19.7 Å². The van der Waals surface area contributed by atoms with E-state index in [-0.39, 0.29) is 11.5 Å². The molecule has 0 saturated carbocycles. The molecule has 0 aromatic carbocycles. The minimum Gasteiger partial charge on any atom is -0.304 e. The van der Waals surface area contributed by atoms with E-state index in [4.69, 9.17) is 0 Å². The molecule has 2 heterocycles. The average molecular weight is 285 g/mol. The van der Waals surface area contributed by atoms with E-state index in [0.717, 1.165) is 4.68 Å². The van der Waals surface area contributed by atoms with Crippen LogP contribution in [0.1, 0.15) is 21.9 Å². The van der Waals surface area contributed by atoms with Crippen LogP contribution in [0, 0.1) is 6.92 Å². The van der Waals surface area contributed by atoms with Crippen molar-refractivity contribution in [2.75, 3.05) is 5.32 Å². The number of carbonyl (C=O) groups is 1. The lowest BCUT2D eigenvalue weighted by Gasteiger charge is -2.05.